The third kappa shape index (κ3) is 3.18. The lowest BCUT2D eigenvalue weighted by Gasteiger charge is -2.26. The number of nitrogens with two attached hydrogens (primary N) is 1. The van der Waals surface area contributed by atoms with Crippen molar-refractivity contribution < 1.29 is 9.90 Å². The second kappa shape index (κ2) is 6.19. The molecule has 3 nitrogen and oxygen atoms in total. The highest BCUT2D eigenvalue weighted by Crippen LogP contribution is 2.37. The fourth-order valence-electron chi connectivity index (χ4n) is 3.06. The molecular weight excluding hydrogens is 270 g/mol. The first kappa shape index (κ1) is 15.4. The third-order valence-electron chi connectivity index (χ3n) is 4.32. The van der Waals surface area contributed by atoms with Gasteiger partial charge in [0.1, 0.15) is 5.54 Å². The van der Waals surface area contributed by atoms with Gasteiger partial charge in [-0.25, -0.2) is 0 Å². The van der Waals surface area contributed by atoms with Gasteiger partial charge in [-0.05, 0) is 56.4 Å². The van der Waals surface area contributed by atoms with Gasteiger partial charge in [-0.1, -0.05) is 24.1 Å². The summed E-state index contributed by atoms with van der Waals surface area (Å²) in [6.45, 7) is 4.21. The molecule has 0 bridgehead atoms. The molecule has 1 fully saturated rings. The number of carboxylic acid groups (broad SMARTS) is 1. The summed E-state index contributed by atoms with van der Waals surface area (Å²) in [5.41, 5.74) is 7.63. The number of thioether (sulfide) groups is 1. The third-order valence-corrected chi connectivity index (χ3v) is 5.53. The Balaban J connectivity index is 1.91. The highest BCUT2D eigenvalue weighted by Gasteiger charge is 2.45. The number of carboxylic acids is 1. The average molecular weight is 293 g/mol. The Bertz CT molecular complexity index is 503. The van der Waals surface area contributed by atoms with Crippen LogP contribution in [-0.4, -0.2) is 22.4 Å². The molecule has 0 heterocycles. The molecule has 2 rings (SSSR count). The summed E-state index contributed by atoms with van der Waals surface area (Å²) >= 11 is 1.81. The van der Waals surface area contributed by atoms with Crippen LogP contribution in [0.1, 0.15) is 36.8 Å². The van der Waals surface area contributed by atoms with Crippen molar-refractivity contribution in [1.29, 1.82) is 0 Å². The number of aryl methyl sites for hydroxylation is 2. The van der Waals surface area contributed by atoms with E-state index in [1.807, 2.05) is 0 Å². The molecule has 0 amide bonds. The van der Waals surface area contributed by atoms with Gasteiger partial charge in [0.2, 0.25) is 0 Å². The lowest BCUT2D eigenvalue weighted by atomic mass is 9.86. The van der Waals surface area contributed by atoms with E-state index in [0.29, 0.717) is 6.42 Å². The smallest absolute Gasteiger partial charge is 0.323 e. The van der Waals surface area contributed by atoms with Crippen LogP contribution in [0.3, 0.4) is 0 Å². The molecule has 0 saturated heterocycles. The summed E-state index contributed by atoms with van der Waals surface area (Å²) in [6.07, 6.45) is 3.36. The Kier molecular flexibility index (Phi) is 4.76. The average Bonchev–Trinajstić information content (AvgIpc) is 2.75. The molecule has 2 unspecified atom stereocenters. The molecule has 20 heavy (non-hydrogen) atoms. The number of hydrogen-bond donors (Lipinski definition) is 2. The predicted octanol–water partition coefficient (Wildman–Crippen LogP) is 3.37. The molecule has 1 aliphatic rings. The minimum absolute atomic E-state index is 0.109. The highest BCUT2D eigenvalue weighted by molar-refractivity contribution is 7.99. The minimum Gasteiger partial charge on any atom is -0.480 e. The van der Waals surface area contributed by atoms with Crippen molar-refractivity contribution in [2.45, 2.75) is 50.0 Å². The summed E-state index contributed by atoms with van der Waals surface area (Å²) in [5, 5.41) is 9.30. The van der Waals surface area contributed by atoms with Gasteiger partial charge < -0.3 is 10.8 Å². The summed E-state index contributed by atoms with van der Waals surface area (Å²) in [7, 11) is 0. The maximum atomic E-state index is 11.3. The summed E-state index contributed by atoms with van der Waals surface area (Å²) in [5.74, 6) is 0.204. The van der Waals surface area contributed by atoms with E-state index in [9.17, 15) is 9.90 Å². The quantitative estimate of drug-likeness (QED) is 0.817. The Morgan fingerprint density at radius 1 is 1.50 bits per heavy atom. The van der Waals surface area contributed by atoms with E-state index in [4.69, 9.17) is 5.73 Å². The standard InChI is InChI=1S/C16H23NO2S/c1-11-5-6-14(12(2)10-11)20-9-7-13-4-3-8-16(13,17)15(18)19/h5-6,10,13H,3-4,7-9,17H2,1-2H3,(H,18,19). The molecular formula is C16H23NO2S. The molecule has 1 aromatic rings. The number of rotatable bonds is 5. The van der Waals surface area contributed by atoms with E-state index < -0.39 is 11.5 Å². The molecule has 0 aromatic heterocycles. The first-order valence-corrected chi connectivity index (χ1v) is 8.14. The predicted molar refractivity (Wildman–Crippen MR) is 83.2 cm³/mol. The number of carbonyl (C=O) groups is 1. The summed E-state index contributed by atoms with van der Waals surface area (Å²) in [4.78, 5) is 12.6. The van der Waals surface area contributed by atoms with Crippen LogP contribution >= 0.6 is 11.8 Å². The first-order valence-electron chi connectivity index (χ1n) is 7.16. The summed E-state index contributed by atoms with van der Waals surface area (Å²) in [6, 6.07) is 6.45. The van der Waals surface area contributed by atoms with Gasteiger partial charge >= 0.3 is 5.97 Å². The van der Waals surface area contributed by atoms with Crippen LogP contribution in [0.4, 0.5) is 0 Å². The molecule has 0 radical (unpaired) electrons. The largest absolute Gasteiger partial charge is 0.480 e. The molecule has 0 aliphatic heterocycles. The van der Waals surface area contributed by atoms with E-state index >= 15 is 0 Å². The van der Waals surface area contributed by atoms with E-state index in [2.05, 4.69) is 32.0 Å². The van der Waals surface area contributed by atoms with Gasteiger partial charge in [0.25, 0.3) is 0 Å². The van der Waals surface area contributed by atoms with Gasteiger partial charge in [0.15, 0.2) is 0 Å². The fraction of sp³-hybridized carbons (Fsp3) is 0.562. The zero-order valence-corrected chi connectivity index (χ0v) is 13.0. The molecule has 110 valence electrons. The highest BCUT2D eigenvalue weighted by atomic mass is 32.2. The summed E-state index contributed by atoms with van der Waals surface area (Å²) < 4.78 is 0. The van der Waals surface area contributed by atoms with Crippen molar-refractivity contribution in [2.75, 3.05) is 5.75 Å². The van der Waals surface area contributed by atoms with Gasteiger partial charge in [-0.2, -0.15) is 0 Å². The molecule has 3 N–H and O–H groups in total. The second-order valence-corrected chi connectivity index (χ2v) is 6.98. The first-order chi connectivity index (χ1) is 9.43. The van der Waals surface area contributed by atoms with Crippen molar-refractivity contribution in [3.8, 4) is 0 Å². The van der Waals surface area contributed by atoms with E-state index in [0.717, 1.165) is 25.0 Å². The van der Waals surface area contributed by atoms with Crippen molar-refractivity contribution in [3.63, 3.8) is 0 Å². The molecule has 1 aliphatic carbocycles. The Morgan fingerprint density at radius 3 is 2.90 bits per heavy atom. The van der Waals surface area contributed by atoms with Gasteiger partial charge in [0, 0.05) is 4.90 Å². The van der Waals surface area contributed by atoms with Crippen LogP contribution in [0.25, 0.3) is 0 Å². The Labute approximate surface area is 124 Å². The van der Waals surface area contributed by atoms with Crippen LogP contribution in [0.2, 0.25) is 0 Å². The lowest BCUT2D eigenvalue weighted by Crippen LogP contribution is -2.51. The van der Waals surface area contributed by atoms with Gasteiger partial charge in [0.05, 0.1) is 0 Å². The van der Waals surface area contributed by atoms with E-state index in [1.54, 1.807) is 11.8 Å². The number of aliphatic carboxylic acids is 1. The van der Waals surface area contributed by atoms with Crippen LogP contribution < -0.4 is 5.73 Å². The normalized spacial score (nSPS) is 25.9. The zero-order valence-electron chi connectivity index (χ0n) is 12.2. The van der Waals surface area contributed by atoms with Crippen molar-refractivity contribution in [2.24, 2.45) is 11.7 Å². The fourth-order valence-corrected chi connectivity index (χ4v) is 4.13. The lowest BCUT2D eigenvalue weighted by molar-refractivity contribution is -0.144. The Hall–Kier alpha value is -1.00. The van der Waals surface area contributed by atoms with E-state index in [1.165, 1.54) is 16.0 Å². The minimum atomic E-state index is -0.997. The Morgan fingerprint density at radius 2 is 2.25 bits per heavy atom. The van der Waals surface area contributed by atoms with E-state index in [-0.39, 0.29) is 5.92 Å². The van der Waals surface area contributed by atoms with Crippen LogP contribution in [-0.2, 0) is 4.79 Å². The van der Waals surface area contributed by atoms with Gasteiger partial charge in [-0.3, -0.25) is 4.79 Å². The molecule has 0 spiro atoms. The maximum absolute atomic E-state index is 11.3. The number of benzene rings is 1. The number of hydrogen-bond acceptors (Lipinski definition) is 3. The van der Waals surface area contributed by atoms with Crippen molar-refractivity contribution >= 4 is 17.7 Å². The van der Waals surface area contributed by atoms with Crippen molar-refractivity contribution in [3.05, 3.63) is 29.3 Å². The molecule has 4 heteroatoms. The molecule has 1 aromatic carbocycles. The van der Waals surface area contributed by atoms with Crippen LogP contribution in [0.15, 0.2) is 23.1 Å². The molecule has 2 atom stereocenters. The van der Waals surface area contributed by atoms with Crippen LogP contribution in [0.5, 0.6) is 0 Å². The molecule has 1 saturated carbocycles. The van der Waals surface area contributed by atoms with Gasteiger partial charge in [-0.15, -0.1) is 11.8 Å². The van der Waals surface area contributed by atoms with Crippen molar-refractivity contribution in [1.82, 2.24) is 0 Å². The van der Waals surface area contributed by atoms with Crippen LogP contribution in [0, 0.1) is 19.8 Å². The zero-order chi connectivity index (χ0) is 14.8. The maximum Gasteiger partial charge on any atom is 0.323 e. The second-order valence-electron chi connectivity index (χ2n) is 5.84. The SMILES string of the molecule is Cc1ccc(SCCC2CCCC2(N)C(=O)O)c(C)c1. The monoisotopic (exact) mass is 293 g/mol. The topological polar surface area (TPSA) is 63.3 Å².